The van der Waals surface area contributed by atoms with Crippen molar-refractivity contribution in [2.24, 2.45) is 62.6 Å². The highest BCUT2D eigenvalue weighted by atomic mass is 16.4. The summed E-state index contributed by atoms with van der Waals surface area (Å²) in [7, 11) is 0. The van der Waals surface area contributed by atoms with Gasteiger partial charge in [-0.15, -0.1) is 0 Å². The third-order valence-corrected chi connectivity index (χ3v) is 16.4. The van der Waals surface area contributed by atoms with E-state index in [0.717, 1.165) is 50.6 Å². The maximum Gasteiger partial charge on any atom is 0.335 e. The molecule has 0 aliphatic heterocycles. The Bertz CT molecular complexity index is 1530. The second-order valence-electron chi connectivity index (χ2n) is 19.1. The first kappa shape index (κ1) is 38.1. The van der Waals surface area contributed by atoms with Crippen LogP contribution in [-0.2, 0) is 9.59 Å². The SMILES string of the molecule is CCCN(CCNC(=O)[C@]12CC[C@@H](C(C)C)[C@@H]1[C@H]1CC[C@@H]3[C@@]4(C)CC=C(c5ccc(C(=O)O)cc5)C(C)(C)[C@@H]4CC[C@@]3(C)[C@]1(C)CC2)CC(=O)O. The van der Waals surface area contributed by atoms with Gasteiger partial charge in [0.15, 0.2) is 0 Å². The van der Waals surface area contributed by atoms with Gasteiger partial charge in [0.05, 0.1) is 17.5 Å². The van der Waals surface area contributed by atoms with Gasteiger partial charge in [0, 0.05) is 13.1 Å². The van der Waals surface area contributed by atoms with Crippen LogP contribution >= 0.6 is 0 Å². The minimum atomic E-state index is -0.883. The summed E-state index contributed by atoms with van der Waals surface area (Å²) in [6, 6.07) is 7.51. The molecule has 0 unspecified atom stereocenters. The normalized spacial score (nSPS) is 38.2. The van der Waals surface area contributed by atoms with Crippen LogP contribution in [0, 0.1) is 62.6 Å². The summed E-state index contributed by atoms with van der Waals surface area (Å²) < 4.78 is 0. The van der Waals surface area contributed by atoms with E-state index in [4.69, 9.17) is 0 Å². The van der Waals surface area contributed by atoms with Crippen LogP contribution in [0.3, 0.4) is 0 Å². The average Bonchev–Trinajstić information content (AvgIpc) is 3.46. The van der Waals surface area contributed by atoms with Crippen LogP contribution in [0.4, 0.5) is 0 Å². The largest absolute Gasteiger partial charge is 0.480 e. The Balaban J connectivity index is 1.27. The Hall–Kier alpha value is -2.67. The molecule has 0 radical (unpaired) electrons. The summed E-state index contributed by atoms with van der Waals surface area (Å²) in [6.45, 7) is 21.4. The lowest BCUT2D eigenvalue weighted by molar-refractivity contribution is -0.227. The van der Waals surface area contributed by atoms with Gasteiger partial charge in [0.1, 0.15) is 0 Å². The van der Waals surface area contributed by atoms with E-state index in [1.165, 1.54) is 31.3 Å². The fraction of sp³-hybridized carbons (Fsp3) is 0.750. The van der Waals surface area contributed by atoms with E-state index in [0.29, 0.717) is 54.2 Å². The summed E-state index contributed by atoms with van der Waals surface area (Å²) >= 11 is 0. The number of fused-ring (bicyclic) bond motifs is 7. The van der Waals surface area contributed by atoms with Crippen LogP contribution < -0.4 is 5.32 Å². The molecule has 7 nitrogen and oxygen atoms in total. The molecular weight excluding hydrogens is 636 g/mol. The van der Waals surface area contributed by atoms with Crippen molar-refractivity contribution in [1.29, 1.82) is 0 Å². The summed E-state index contributed by atoms with van der Waals surface area (Å²) in [5.74, 6) is 1.66. The second-order valence-corrected chi connectivity index (χ2v) is 19.1. The van der Waals surface area contributed by atoms with Crippen LogP contribution in [0.2, 0.25) is 0 Å². The first-order chi connectivity index (χ1) is 24.0. The summed E-state index contributed by atoms with van der Waals surface area (Å²) in [5.41, 5.74) is 3.03. The van der Waals surface area contributed by atoms with Gasteiger partial charge in [-0.05, 0) is 151 Å². The molecule has 0 heterocycles. The smallest absolute Gasteiger partial charge is 0.335 e. The number of hydrogen-bond acceptors (Lipinski definition) is 4. The standard InChI is InChI=1S/C44H66N2O5/c1-9-25-46(27-36(47)48)26-24-45-39(51)44-21-16-31(28(2)3)37(44)33-14-15-35-41(6)19-17-32(29-10-12-30(13-11-29)38(49)50)40(4,5)34(41)18-20-43(35,8)42(33,7)22-23-44/h10-13,17,28,31,33-35,37H,9,14-16,18-27H2,1-8H3,(H,45,51)(H,47,48)(H,49,50)/t31-,33+,34-,35+,37+,41-,42+,43+,44-/m0/s1. The molecule has 51 heavy (non-hydrogen) atoms. The monoisotopic (exact) mass is 702 g/mol. The molecule has 7 heteroatoms. The molecule has 282 valence electrons. The van der Waals surface area contributed by atoms with Crippen molar-refractivity contribution in [3.8, 4) is 0 Å². The molecule has 4 saturated carbocycles. The van der Waals surface area contributed by atoms with E-state index in [1.807, 2.05) is 17.0 Å². The molecule has 3 N–H and O–H groups in total. The van der Waals surface area contributed by atoms with Crippen molar-refractivity contribution in [1.82, 2.24) is 10.2 Å². The van der Waals surface area contributed by atoms with Crippen molar-refractivity contribution in [3.63, 3.8) is 0 Å². The number of hydrogen-bond donors (Lipinski definition) is 3. The van der Waals surface area contributed by atoms with Crippen molar-refractivity contribution in [2.45, 2.75) is 120 Å². The highest BCUT2D eigenvalue weighted by Gasteiger charge is 2.71. The Morgan fingerprint density at radius 3 is 2.20 bits per heavy atom. The van der Waals surface area contributed by atoms with E-state index in [-0.39, 0.29) is 39.5 Å². The molecule has 4 fully saturated rings. The lowest BCUT2D eigenvalue weighted by atomic mass is 9.32. The van der Waals surface area contributed by atoms with Gasteiger partial charge in [-0.25, -0.2) is 4.79 Å². The number of carboxylic acid groups (broad SMARTS) is 2. The van der Waals surface area contributed by atoms with E-state index >= 15 is 0 Å². The maximum absolute atomic E-state index is 14.5. The molecule has 0 bridgehead atoms. The van der Waals surface area contributed by atoms with Crippen LogP contribution in [0.1, 0.15) is 136 Å². The minimum absolute atomic E-state index is 0.0149. The van der Waals surface area contributed by atoms with Gasteiger partial charge in [0.2, 0.25) is 5.91 Å². The zero-order valence-corrected chi connectivity index (χ0v) is 32.8. The van der Waals surface area contributed by atoms with Gasteiger partial charge >= 0.3 is 11.9 Å². The minimum Gasteiger partial charge on any atom is -0.480 e. The van der Waals surface area contributed by atoms with Crippen LogP contribution in [0.5, 0.6) is 0 Å². The number of carbonyl (C=O) groups excluding carboxylic acids is 1. The first-order valence-corrected chi connectivity index (χ1v) is 20.2. The molecule has 5 aliphatic carbocycles. The predicted octanol–water partition coefficient (Wildman–Crippen LogP) is 9.03. The number of carbonyl (C=O) groups is 3. The summed E-state index contributed by atoms with van der Waals surface area (Å²) in [4.78, 5) is 39.5. The molecule has 1 aromatic carbocycles. The van der Waals surface area contributed by atoms with Crippen LogP contribution in [-0.4, -0.2) is 59.1 Å². The molecule has 5 aliphatic rings. The average molecular weight is 703 g/mol. The Kier molecular flexibility index (Phi) is 10.2. The molecule has 6 rings (SSSR count). The quantitative estimate of drug-likeness (QED) is 0.213. The van der Waals surface area contributed by atoms with Crippen molar-refractivity contribution in [2.75, 3.05) is 26.2 Å². The number of benzene rings is 1. The lowest BCUT2D eigenvalue weighted by Gasteiger charge is -2.72. The number of nitrogens with one attached hydrogen (secondary N) is 1. The number of allylic oxidation sites excluding steroid dienone is 2. The fourth-order valence-corrected chi connectivity index (χ4v) is 14.0. The summed E-state index contributed by atoms with van der Waals surface area (Å²) in [5, 5.41) is 22.3. The first-order valence-electron chi connectivity index (χ1n) is 20.2. The number of aliphatic carboxylic acids is 1. The zero-order chi connectivity index (χ0) is 37.1. The number of rotatable bonds is 11. The fourth-order valence-electron chi connectivity index (χ4n) is 14.0. The molecule has 1 amide bonds. The van der Waals surface area contributed by atoms with E-state index in [1.54, 1.807) is 12.1 Å². The van der Waals surface area contributed by atoms with Gasteiger partial charge in [-0.1, -0.05) is 73.6 Å². The van der Waals surface area contributed by atoms with Gasteiger partial charge in [-0.2, -0.15) is 0 Å². The van der Waals surface area contributed by atoms with Crippen molar-refractivity contribution < 1.29 is 24.6 Å². The molecule has 0 aromatic heterocycles. The van der Waals surface area contributed by atoms with Crippen molar-refractivity contribution >= 4 is 23.4 Å². The third kappa shape index (κ3) is 6.00. The lowest BCUT2D eigenvalue weighted by Crippen LogP contribution is -2.66. The van der Waals surface area contributed by atoms with Gasteiger partial charge in [0.25, 0.3) is 0 Å². The molecule has 0 saturated heterocycles. The Morgan fingerprint density at radius 1 is 0.863 bits per heavy atom. The highest BCUT2D eigenvalue weighted by Crippen LogP contribution is 2.77. The maximum atomic E-state index is 14.5. The third-order valence-electron chi connectivity index (χ3n) is 16.4. The van der Waals surface area contributed by atoms with E-state index in [2.05, 4.69) is 66.8 Å². The van der Waals surface area contributed by atoms with Gasteiger partial charge in [-0.3, -0.25) is 14.5 Å². The zero-order valence-electron chi connectivity index (χ0n) is 32.8. The molecule has 0 spiro atoms. The number of amides is 1. The van der Waals surface area contributed by atoms with Crippen LogP contribution in [0.25, 0.3) is 5.57 Å². The Morgan fingerprint density at radius 2 is 1.57 bits per heavy atom. The number of carboxylic acids is 2. The van der Waals surface area contributed by atoms with Gasteiger partial charge < -0.3 is 15.5 Å². The van der Waals surface area contributed by atoms with Crippen molar-refractivity contribution in [3.05, 3.63) is 41.5 Å². The number of nitrogens with zero attached hydrogens (tertiary/aromatic N) is 1. The predicted molar refractivity (Wildman–Crippen MR) is 203 cm³/mol. The topological polar surface area (TPSA) is 107 Å². The number of aromatic carboxylic acids is 1. The van der Waals surface area contributed by atoms with Crippen LogP contribution in [0.15, 0.2) is 30.3 Å². The Labute approximate surface area is 307 Å². The molecule has 1 aromatic rings. The molecular formula is C44H66N2O5. The van der Waals surface area contributed by atoms with E-state index in [9.17, 15) is 24.6 Å². The second kappa shape index (κ2) is 13.6. The molecule has 9 atom stereocenters. The van der Waals surface area contributed by atoms with E-state index < -0.39 is 11.9 Å². The highest BCUT2D eigenvalue weighted by molar-refractivity contribution is 5.88. The summed E-state index contributed by atoms with van der Waals surface area (Å²) in [6.07, 6.45) is 13.4.